The van der Waals surface area contributed by atoms with E-state index in [1.165, 1.54) is 11.3 Å². The molecule has 2 rings (SSSR count). The number of amides is 1. The molecule has 1 aromatic heterocycles. The highest BCUT2D eigenvalue weighted by molar-refractivity contribution is 7.16. The van der Waals surface area contributed by atoms with Crippen molar-refractivity contribution in [3.63, 3.8) is 0 Å². The normalized spacial score (nSPS) is 12.2. The first-order chi connectivity index (χ1) is 9.61. The molecule has 0 fully saturated rings. The molecule has 2 aromatic rings. The molecule has 1 heterocycles. The predicted octanol–water partition coefficient (Wildman–Crippen LogP) is 3.31. The first-order valence-electron chi connectivity index (χ1n) is 6.32. The van der Waals surface area contributed by atoms with Gasteiger partial charge in [-0.15, -0.1) is 11.3 Å². The van der Waals surface area contributed by atoms with Crippen molar-refractivity contribution in [2.75, 3.05) is 0 Å². The number of rotatable bonds is 5. The van der Waals surface area contributed by atoms with Crippen LogP contribution in [0.25, 0.3) is 0 Å². The van der Waals surface area contributed by atoms with Crippen molar-refractivity contribution in [3.05, 3.63) is 56.7 Å². The van der Waals surface area contributed by atoms with E-state index in [0.717, 1.165) is 16.0 Å². The number of aliphatic hydroxyl groups is 1. The molecule has 0 spiro atoms. The summed E-state index contributed by atoms with van der Waals surface area (Å²) < 4.78 is 0.685. The third-order valence-corrected chi connectivity index (χ3v) is 4.57. The lowest BCUT2D eigenvalue weighted by Crippen LogP contribution is -2.27. The molecule has 1 amide bonds. The van der Waals surface area contributed by atoms with E-state index in [1.54, 1.807) is 6.07 Å². The first kappa shape index (κ1) is 15.0. The predicted molar refractivity (Wildman–Crippen MR) is 82.0 cm³/mol. The van der Waals surface area contributed by atoms with Crippen molar-refractivity contribution in [2.45, 2.75) is 26.0 Å². The topological polar surface area (TPSA) is 49.3 Å². The average Bonchev–Trinajstić information content (AvgIpc) is 2.90. The van der Waals surface area contributed by atoms with E-state index >= 15 is 0 Å². The highest BCUT2D eigenvalue weighted by Gasteiger charge is 2.17. The van der Waals surface area contributed by atoms with Crippen LogP contribution in [-0.4, -0.2) is 11.0 Å². The van der Waals surface area contributed by atoms with Gasteiger partial charge in [-0.2, -0.15) is 0 Å². The molecule has 3 nitrogen and oxygen atoms in total. The Labute approximate surface area is 127 Å². The summed E-state index contributed by atoms with van der Waals surface area (Å²) in [5.41, 5.74) is 1.76. The summed E-state index contributed by atoms with van der Waals surface area (Å²) in [6, 6.07) is 11.2. The van der Waals surface area contributed by atoms with Gasteiger partial charge < -0.3 is 10.4 Å². The molecule has 0 radical (unpaired) electrons. The van der Waals surface area contributed by atoms with E-state index in [-0.39, 0.29) is 18.4 Å². The number of carbonyl (C=O) groups excluding carboxylic acids is 1. The third-order valence-electron chi connectivity index (χ3n) is 3.16. The molecule has 106 valence electrons. The third kappa shape index (κ3) is 3.60. The van der Waals surface area contributed by atoms with Crippen LogP contribution in [0.2, 0.25) is 4.34 Å². The van der Waals surface area contributed by atoms with Gasteiger partial charge in [-0.1, -0.05) is 35.9 Å². The lowest BCUT2D eigenvalue weighted by atomic mass is 10.1. The number of nitrogens with one attached hydrogen (secondary N) is 1. The minimum absolute atomic E-state index is 0.0257. The van der Waals surface area contributed by atoms with Gasteiger partial charge in [0, 0.05) is 11.4 Å². The molecule has 1 unspecified atom stereocenters. The molecule has 0 saturated carbocycles. The van der Waals surface area contributed by atoms with Crippen LogP contribution in [0.1, 0.15) is 28.8 Å². The second-order valence-electron chi connectivity index (χ2n) is 4.51. The molecule has 1 aromatic carbocycles. The smallest absolute Gasteiger partial charge is 0.228 e. The molecule has 2 N–H and O–H groups in total. The van der Waals surface area contributed by atoms with Gasteiger partial charge in [-0.05, 0) is 30.2 Å². The summed E-state index contributed by atoms with van der Waals surface area (Å²) in [6.07, 6.45) is 0. The van der Waals surface area contributed by atoms with Gasteiger partial charge in [0.2, 0.25) is 5.91 Å². The maximum Gasteiger partial charge on any atom is 0.228 e. The fourth-order valence-corrected chi connectivity index (χ4v) is 3.02. The van der Waals surface area contributed by atoms with Gasteiger partial charge in [0.25, 0.3) is 0 Å². The van der Waals surface area contributed by atoms with Crippen molar-refractivity contribution < 1.29 is 9.90 Å². The number of carbonyl (C=O) groups is 1. The number of benzene rings is 1. The second-order valence-corrected chi connectivity index (χ2v) is 6.25. The summed E-state index contributed by atoms with van der Waals surface area (Å²) in [5, 5.41) is 12.1. The Morgan fingerprint density at radius 2 is 2.00 bits per heavy atom. The fraction of sp³-hybridized carbons (Fsp3) is 0.267. The van der Waals surface area contributed by atoms with E-state index in [4.69, 9.17) is 11.6 Å². The van der Waals surface area contributed by atoms with E-state index in [2.05, 4.69) is 5.32 Å². The SMILES string of the molecule is CC(C(=O)NCc1ccccc1CO)c1ccc(Cl)s1. The van der Waals surface area contributed by atoms with E-state index < -0.39 is 0 Å². The minimum Gasteiger partial charge on any atom is -0.392 e. The molecule has 20 heavy (non-hydrogen) atoms. The van der Waals surface area contributed by atoms with Crippen molar-refractivity contribution >= 4 is 28.8 Å². The van der Waals surface area contributed by atoms with Gasteiger partial charge in [-0.25, -0.2) is 0 Å². The van der Waals surface area contributed by atoms with Crippen LogP contribution in [0.4, 0.5) is 0 Å². The van der Waals surface area contributed by atoms with E-state index in [1.807, 2.05) is 37.3 Å². The monoisotopic (exact) mass is 309 g/mol. The Balaban J connectivity index is 1.98. The zero-order chi connectivity index (χ0) is 14.5. The van der Waals surface area contributed by atoms with Crippen LogP contribution in [-0.2, 0) is 17.9 Å². The standard InChI is InChI=1S/C15H16ClNO2S/c1-10(13-6-7-14(16)20-13)15(19)17-8-11-4-2-3-5-12(11)9-18/h2-7,10,18H,8-9H2,1H3,(H,17,19). The lowest BCUT2D eigenvalue weighted by Gasteiger charge is -2.12. The molecule has 0 aliphatic rings. The number of halogens is 1. The summed E-state index contributed by atoms with van der Waals surface area (Å²) in [7, 11) is 0. The Hall–Kier alpha value is -1.36. The summed E-state index contributed by atoms with van der Waals surface area (Å²) >= 11 is 7.30. The molecule has 0 saturated heterocycles. The number of hydrogen-bond acceptors (Lipinski definition) is 3. The van der Waals surface area contributed by atoms with E-state index in [0.29, 0.717) is 10.9 Å². The Kier molecular flexibility index (Phi) is 5.17. The molecular formula is C15H16ClNO2S. The molecule has 0 bridgehead atoms. The minimum atomic E-state index is -0.228. The molecule has 1 atom stereocenters. The Morgan fingerprint density at radius 3 is 2.60 bits per heavy atom. The zero-order valence-corrected chi connectivity index (χ0v) is 12.7. The van der Waals surface area contributed by atoms with Crippen LogP contribution in [0.5, 0.6) is 0 Å². The second kappa shape index (κ2) is 6.88. The summed E-state index contributed by atoms with van der Waals surface area (Å²) in [5.74, 6) is -0.273. The van der Waals surface area contributed by atoms with Crippen LogP contribution in [0.15, 0.2) is 36.4 Å². The van der Waals surface area contributed by atoms with E-state index in [9.17, 15) is 9.90 Å². The van der Waals surface area contributed by atoms with Crippen LogP contribution < -0.4 is 5.32 Å². The number of thiophene rings is 1. The highest BCUT2D eigenvalue weighted by Crippen LogP contribution is 2.28. The zero-order valence-electron chi connectivity index (χ0n) is 11.1. The first-order valence-corrected chi connectivity index (χ1v) is 7.52. The highest BCUT2D eigenvalue weighted by atomic mass is 35.5. The number of hydrogen-bond donors (Lipinski definition) is 2. The van der Waals surface area contributed by atoms with Crippen molar-refractivity contribution in [3.8, 4) is 0 Å². The van der Waals surface area contributed by atoms with Gasteiger partial charge in [0.15, 0.2) is 0 Å². The van der Waals surface area contributed by atoms with Crippen molar-refractivity contribution in [1.29, 1.82) is 0 Å². The van der Waals surface area contributed by atoms with Crippen molar-refractivity contribution in [1.82, 2.24) is 5.32 Å². The van der Waals surface area contributed by atoms with Gasteiger partial charge in [-0.3, -0.25) is 4.79 Å². The maximum atomic E-state index is 12.1. The molecule has 0 aliphatic heterocycles. The maximum absolute atomic E-state index is 12.1. The molecular weight excluding hydrogens is 294 g/mol. The summed E-state index contributed by atoms with van der Waals surface area (Å²) in [4.78, 5) is 13.1. The van der Waals surface area contributed by atoms with Crippen molar-refractivity contribution in [2.24, 2.45) is 0 Å². The molecule has 5 heteroatoms. The Bertz CT molecular complexity index is 597. The summed E-state index contributed by atoms with van der Waals surface area (Å²) in [6.45, 7) is 2.25. The van der Waals surface area contributed by atoms with Gasteiger partial charge in [0.05, 0.1) is 16.9 Å². The van der Waals surface area contributed by atoms with Crippen LogP contribution in [0.3, 0.4) is 0 Å². The quantitative estimate of drug-likeness (QED) is 0.890. The largest absolute Gasteiger partial charge is 0.392 e. The fourth-order valence-electron chi connectivity index (χ4n) is 1.91. The van der Waals surface area contributed by atoms with Gasteiger partial charge >= 0.3 is 0 Å². The average molecular weight is 310 g/mol. The van der Waals surface area contributed by atoms with Crippen LogP contribution in [0, 0.1) is 0 Å². The Morgan fingerprint density at radius 1 is 1.30 bits per heavy atom. The molecule has 0 aliphatic carbocycles. The van der Waals surface area contributed by atoms with Crippen LogP contribution >= 0.6 is 22.9 Å². The van der Waals surface area contributed by atoms with Gasteiger partial charge in [0.1, 0.15) is 0 Å². The number of aliphatic hydroxyl groups excluding tert-OH is 1. The lowest BCUT2D eigenvalue weighted by molar-refractivity contribution is -0.122.